The number of H-pyrrole nitrogens is 1. The minimum Gasteiger partial charge on any atom is -0.381 e. The molecule has 2 amide bonds. The summed E-state index contributed by atoms with van der Waals surface area (Å²) in [7, 11) is 1.70. The predicted molar refractivity (Wildman–Crippen MR) is 106 cm³/mol. The maximum atomic E-state index is 12.4. The Morgan fingerprint density at radius 2 is 2.32 bits per heavy atom. The first kappa shape index (κ1) is 19.3. The summed E-state index contributed by atoms with van der Waals surface area (Å²) in [6.45, 7) is 0.495. The number of benzene rings is 1. The number of nitrogens with zero attached hydrogens (tertiary/aromatic N) is 5. The SMILES string of the molecule is CN(CCCc1[nH]nc(N)c1C#N)C(=O)Nc1ccc(-n2cccn2)c(Cl)c1. The molecule has 0 aliphatic carbocycles. The quantitative estimate of drug-likeness (QED) is 0.588. The third kappa shape index (κ3) is 4.24. The fourth-order valence-electron chi connectivity index (χ4n) is 2.69. The van der Waals surface area contributed by atoms with Crippen LogP contribution in [0.3, 0.4) is 0 Å². The Bertz CT molecular complexity index is 1010. The lowest BCUT2D eigenvalue weighted by Gasteiger charge is -2.18. The number of hydrogen-bond acceptors (Lipinski definition) is 5. The smallest absolute Gasteiger partial charge is 0.321 e. The lowest BCUT2D eigenvalue weighted by atomic mass is 10.1. The first-order valence-corrected chi connectivity index (χ1v) is 8.92. The zero-order chi connectivity index (χ0) is 20.1. The number of carbonyl (C=O) groups excluding carboxylic acids is 1. The van der Waals surface area contributed by atoms with Crippen molar-refractivity contribution in [3.8, 4) is 11.8 Å². The first-order valence-electron chi connectivity index (χ1n) is 8.54. The summed E-state index contributed by atoms with van der Waals surface area (Å²) in [6, 6.07) is 8.81. The highest BCUT2D eigenvalue weighted by Gasteiger charge is 2.13. The van der Waals surface area contributed by atoms with Crippen molar-refractivity contribution in [3.05, 3.63) is 52.9 Å². The second-order valence-corrected chi connectivity index (χ2v) is 6.55. The molecular weight excluding hydrogens is 380 g/mol. The van der Waals surface area contributed by atoms with Gasteiger partial charge in [-0.1, -0.05) is 11.6 Å². The number of carbonyl (C=O) groups is 1. The van der Waals surface area contributed by atoms with Crippen LogP contribution in [0.15, 0.2) is 36.7 Å². The Morgan fingerprint density at radius 3 is 3.00 bits per heavy atom. The molecule has 0 spiro atoms. The number of aryl methyl sites for hydroxylation is 1. The van der Waals surface area contributed by atoms with Crippen LogP contribution in [-0.4, -0.2) is 44.5 Å². The van der Waals surface area contributed by atoms with Gasteiger partial charge in [-0.3, -0.25) is 5.10 Å². The molecule has 0 fully saturated rings. The minimum absolute atomic E-state index is 0.194. The molecule has 0 saturated carbocycles. The number of nitrogens with two attached hydrogens (primary N) is 1. The molecule has 1 aromatic carbocycles. The summed E-state index contributed by atoms with van der Waals surface area (Å²) in [6.07, 6.45) is 4.67. The second kappa shape index (κ2) is 8.45. The van der Waals surface area contributed by atoms with Gasteiger partial charge in [0.25, 0.3) is 0 Å². The molecule has 0 aliphatic heterocycles. The van der Waals surface area contributed by atoms with Crippen molar-refractivity contribution in [2.75, 3.05) is 24.6 Å². The number of aromatic amines is 1. The van der Waals surface area contributed by atoms with Gasteiger partial charge in [0.05, 0.1) is 16.4 Å². The van der Waals surface area contributed by atoms with E-state index in [1.54, 1.807) is 53.3 Å². The Kier molecular flexibility index (Phi) is 5.81. The number of urea groups is 1. The van der Waals surface area contributed by atoms with Gasteiger partial charge in [-0.15, -0.1) is 0 Å². The van der Waals surface area contributed by atoms with Crippen molar-refractivity contribution >= 4 is 29.1 Å². The highest BCUT2D eigenvalue weighted by atomic mass is 35.5. The van der Waals surface area contributed by atoms with E-state index in [9.17, 15) is 4.79 Å². The lowest BCUT2D eigenvalue weighted by molar-refractivity contribution is 0.222. The Morgan fingerprint density at radius 1 is 1.50 bits per heavy atom. The molecule has 3 rings (SSSR count). The van der Waals surface area contributed by atoms with Crippen molar-refractivity contribution in [3.63, 3.8) is 0 Å². The van der Waals surface area contributed by atoms with E-state index in [0.717, 1.165) is 5.69 Å². The number of halogens is 1. The molecule has 0 atom stereocenters. The fourth-order valence-corrected chi connectivity index (χ4v) is 2.96. The van der Waals surface area contributed by atoms with Gasteiger partial charge in [-0.05, 0) is 37.1 Å². The molecule has 2 aromatic heterocycles. The van der Waals surface area contributed by atoms with Crippen LogP contribution in [0.2, 0.25) is 5.02 Å². The van der Waals surface area contributed by atoms with E-state index >= 15 is 0 Å². The summed E-state index contributed by atoms with van der Waals surface area (Å²) in [4.78, 5) is 13.9. The van der Waals surface area contributed by atoms with E-state index in [2.05, 4.69) is 20.6 Å². The Balaban J connectivity index is 1.54. The Hall–Kier alpha value is -3.51. The zero-order valence-corrected chi connectivity index (χ0v) is 15.9. The van der Waals surface area contributed by atoms with Gasteiger partial charge in [0.2, 0.25) is 0 Å². The largest absolute Gasteiger partial charge is 0.381 e. The summed E-state index contributed by atoms with van der Waals surface area (Å²) in [5.41, 5.74) is 7.97. The van der Waals surface area contributed by atoms with E-state index in [0.29, 0.717) is 41.4 Å². The number of nitriles is 1. The van der Waals surface area contributed by atoms with E-state index in [4.69, 9.17) is 22.6 Å². The Labute approximate surface area is 166 Å². The third-order valence-corrected chi connectivity index (χ3v) is 4.50. The van der Waals surface area contributed by atoms with Crippen LogP contribution in [0.4, 0.5) is 16.3 Å². The maximum absolute atomic E-state index is 12.4. The van der Waals surface area contributed by atoms with Gasteiger partial charge >= 0.3 is 6.03 Å². The summed E-state index contributed by atoms with van der Waals surface area (Å²) < 4.78 is 1.65. The first-order chi connectivity index (χ1) is 13.5. The molecule has 2 heterocycles. The molecule has 3 aromatic rings. The molecule has 0 aliphatic rings. The summed E-state index contributed by atoms with van der Waals surface area (Å²) >= 11 is 6.29. The van der Waals surface area contributed by atoms with Gasteiger partial charge in [-0.25, -0.2) is 9.48 Å². The number of aromatic nitrogens is 4. The minimum atomic E-state index is -0.257. The van der Waals surface area contributed by atoms with Gasteiger partial charge in [-0.2, -0.15) is 15.5 Å². The highest BCUT2D eigenvalue weighted by molar-refractivity contribution is 6.32. The monoisotopic (exact) mass is 398 g/mol. The topological polar surface area (TPSA) is 129 Å². The maximum Gasteiger partial charge on any atom is 0.321 e. The summed E-state index contributed by atoms with van der Waals surface area (Å²) in [5.74, 6) is 0.194. The summed E-state index contributed by atoms with van der Waals surface area (Å²) in [5, 5.41) is 23.1. The molecule has 0 unspecified atom stereocenters. The van der Waals surface area contributed by atoms with Crippen molar-refractivity contribution in [2.45, 2.75) is 12.8 Å². The zero-order valence-electron chi connectivity index (χ0n) is 15.2. The molecule has 10 heteroatoms. The van der Waals surface area contributed by atoms with Crippen LogP contribution in [0, 0.1) is 11.3 Å². The predicted octanol–water partition coefficient (Wildman–Crippen LogP) is 2.80. The van der Waals surface area contributed by atoms with Crippen LogP contribution >= 0.6 is 11.6 Å². The number of anilines is 2. The normalized spacial score (nSPS) is 10.5. The number of amides is 2. The average Bonchev–Trinajstić information content (AvgIpc) is 3.31. The van der Waals surface area contributed by atoms with E-state index in [1.807, 2.05) is 6.07 Å². The molecule has 0 bridgehead atoms. The van der Waals surface area contributed by atoms with Crippen LogP contribution < -0.4 is 11.1 Å². The molecule has 28 heavy (non-hydrogen) atoms. The lowest BCUT2D eigenvalue weighted by Crippen LogP contribution is -2.32. The standard InChI is InChI=1S/C18H19ClN8O/c1-26(8-2-4-15-13(11-20)17(21)25-24-15)18(28)23-12-5-6-16(14(19)10-12)27-9-3-7-22-27/h3,5-7,9-10H,2,4,8H2,1H3,(H,23,28)(H3,21,24,25). The van der Waals surface area contributed by atoms with Crippen molar-refractivity contribution in [1.29, 1.82) is 5.26 Å². The van der Waals surface area contributed by atoms with Crippen LogP contribution in [0.25, 0.3) is 5.69 Å². The highest BCUT2D eigenvalue weighted by Crippen LogP contribution is 2.24. The molecular formula is C18H19ClN8O. The van der Waals surface area contributed by atoms with Crippen LogP contribution in [0.5, 0.6) is 0 Å². The van der Waals surface area contributed by atoms with Crippen molar-refractivity contribution in [1.82, 2.24) is 24.9 Å². The van der Waals surface area contributed by atoms with Crippen LogP contribution in [0.1, 0.15) is 17.7 Å². The van der Waals surface area contributed by atoms with E-state index in [1.165, 1.54) is 0 Å². The third-order valence-electron chi connectivity index (χ3n) is 4.20. The van der Waals surface area contributed by atoms with Gasteiger partial charge < -0.3 is 16.0 Å². The average molecular weight is 399 g/mol. The van der Waals surface area contributed by atoms with E-state index < -0.39 is 0 Å². The van der Waals surface area contributed by atoms with E-state index in [-0.39, 0.29) is 11.8 Å². The van der Waals surface area contributed by atoms with Gasteiger partial charge in [0, 0.05) is 31.7 Å². The molecule has 0 radical (unpaired) electrons. The van der Waals surface area contributed by atoms with Crippen molar-refractivity contribution in [2.24, 2.45) is 0 Å². The second-order valence-electron chi connectivity index (χ2n) is 6.15. The van der Waals surface area contributed by atoms with Gasteiger partial charge in [0.15, 0.2) is 5.82 Å². The molecule has 9 nitrogen and oxygen atoms in total. The molecule has 0 saturated heterocycles. The van der Waals surface area contributed by atoms with Crippen molar-refractivity contribution < 1.29 is 4.79 Å². The van der Waals surface area contributed by atoms with Crippen LogP contribution in [-0.2, 0) is 6.42 Å². The molecule has 4 N–H and O–H groups in total. The number of nitrogens with one attached hydrogen (secondary N) is 2. The number of hydrogen-bond donors (Lipinski definition) is 3. The number of nitrogen functional groups attached to an aromatic ring is 1. The fraction of sp³-hybridized carbons (Fsp3) is 0.222. The molecule has 144 valence electrons. The number of rotatable bonds is 6. The van der Waals surface area contributed by atoms with Gasteiger partial charge in [0.1, 0.15) is 11.6 Å².